The van der Waals surface area contributed by atoms with Gasteiger partial charge in [-0.2, -0.15) is 0 Å². The maximum atomic E-state index is 13.8. The molecule has 0 heterocycles. The summed E-state index contributed by atoms with van der Waals surface area (Å²) in [4.78, 5) is 21.4. The van der Waals surface area contributed by atoms with Crippen molar-refractivity contribution in [1.29, 1.82) is 0 Å². The molecule has 0 N–H and O–H groups in total. The van der Waals surface area contributed by atoms with Gasteiger partial charge in [0.25, 0.3) is 0 Å². The minimum Gasteiger partial charge on any atom is -0.443 e. The molecule has 21 heavy (non-hydrogen) atoms. The molecule has 2 aromatic rings. The molecule has 0 saturated heterocycles. The maximum absolute atomic E-state index is 13.8. The van der Waals surface area contributed by atoms with Crippen LogP contribution in [0.25, 0.3) is 0 Å². The Hall–Kier alpha value is -2.83. The van der Waals surface area contributed by atoms with Gasteiger partial charge in [-0.15, -0.1) is 0 Å². The highest BCUT2D eigenvalue weighted by Gasteiger charge is 2.23. The Labute approximate surface area is 117 Å². The van der Waals surface area contributed by atoms with E-state index in [-0.39, 0.29) is 5.56 Å². The van der Waals surface area contributed by atoms with Gasteiger partial charge in [0.05, 0.1) is 10.5 Å². The standard InChI is InChI=1S/C14H9F2NO4/c1-8(18)9-4-2-5-10(15)13(9)21-14-11(16)6-3-7-12(14)17(19)20/h2-7H,1H3. The lowest BCUT2D eigenvalue weighted by Crippen LogP contribution is -2.02. The molecular weight excluding hydrogens is 284 g/mol. The van der Waals surface area contributed by atoms with E-state index in [1.54, 1.807) is 0 Å². The minimum atomic E-state index is -1.03. The lowest BCUT2D eigenvalue weighted by Gasteiger charge is -2.11. The molecular formula is C14H9F2NO4. The number of ketones is 1. The zero-order valence-electron chi connectivity index (χ0n) is 10.8. The number of benzene rings is 2. The van der Waals surface area contributed by atoms with E-state index in [0.29, 0.717) is 0 Å². The number of halogens is 2. The van der Waals surface area contributed by atoms with Crippen LogP contribution in [0.4, 0.5) is 14.5 Å². The quantitative estimate of drug-likeness (QED) is 0.487. The van der Waals surface area contributed by atoms with E-state index in [9.17, 15) is 23.7 Å². The van der Waals surface area contributed by atoms with Gasteiger partial charge in [0.2, 0.25) is 5.75 Å². The predicted molar refractivity (Wildman–Crippen MR) is 69.5 cm³/mol. The van der Waals surface area contributed by atoms with Crippen molar-refractivity contribution in [3.05, 3.63) is 63.7 Å². The number of carbonyl (C=O) groups is 1. The van der Waals surface area contributed by atoms with Gasteiger partial charge in [-0.1, -0.05) is 12.1 Å². The first-order valence-corrected chi connectivity index (χ1v) is 5.82. The third-order valence-corrected chi connectivity index (χ3v) is 2.69. The number of ether oxygens (including phenoxy) is 1. The van der Waals surface area contributed by atoms with Gasteiger partial charge in [0.1, 0.15) is 0 Å². The van der Waals surface area contributed by atoms with E-state index in [1.165, 1.54) is 19.1 Å². The first kappa shape index (κ1) is 14.6. The van der Waals surface area contributed by atoms with Gasteiger partial charge in [0.15, 0.2) is 23.2 Å². The highest BCUT2D eigenvalue weighted by atomic mass is 19.1. The van der Waals surface area contributed by atoms with E-state index in [0.717, 1.165) is 24.3 Å². The number of rotatable bonds is 4. The number of Topliss-reactive ketones (excluding diaryl/α,β-unsaturated/α-hetero) is 1. The Morgan fingerprint density at radius 2 is 1.67 bits per heavy atom. The number of hydrogen-bond donors (Lipinski definition) is 0. The summed E-state index contributed by atoms with van der Waals surface area (Å²) in [6, 6.07) is 6.67. The molecule has 0 radical (unpaired) electrons. The van der Waals surface area contributed by atoms with Gasteiger partial charge >= 0.3 is 5.69 Å². The Bertz CT molecular complexity index is 669. The van der Waals surface area contributed by atoms with E-state index >= 15 is 0 Å². The van der Waals surface area contributed by atoms with Crippen molar-refractivity contribution in [1.82, 2.24) is 0 Å². The van der Waals surface area contributed by atoms with E-state index in [4.69, 9.17) is 4.74 Å². The fraction of sp³-hybridized carbons (Fsp3) is 0.0714. The Balaban J connectivity index is 2.59. The monoisotopic (exact) mass is 293 g/mol. The molecule has 0 aliphatic heterocycles. The molecule has 0 unspecified atom stereocenters. The van der Waals surface area contributed by atoms with Gasteiger partial charge < -0.3 is 4.74 Å². The summed E-state index contributed by atoms with van der Waals surface area (Å²) >= 11 is 0. The molecule has 0 aliphatic carbocycles. The van der Waals surface area contributed by atoms with Crippen LogP contribution in [0.2, 0.25) is 0 Å². The molecule has 0 fully saturated rings. The Kier molecular flexibility index (Phi) is 3.93. The normalized spacial score (nSPS) is 10.2. The smallest absolute Gasteiger partial charge is 0.314 e. The lowest BCUT2D eigenvalue weighted by molar-refractivity contribution is -0.385. The van der Waals surface area contributed by atoms with Crippen molar-refractivity contribution in [3.63, 3.8) is 0 Å². The molecule has 0 saturated carbocycles. The Morgan fingerprint density at radius 1 is 1.10 bits per heavy atom. The average Bonchev–Trinajstić information content (AvgIpc) is 2.42. The van der Waals surface area contributed by atoms with Crippen molar-refractivity contribution < 1.29 is 23.2 Å². The van der Waals surface area contributed by atoms with E-state index < -0.39 is 39.5 Å². The highest BCUT2D eigenvalue weighted by Crippen LogP contribution is 2.36. The molecule has 0 aromatic heterocycles. The minimum absolute atomic E-state index is 0.132. The second-order valence-electron chi connectivity index (χ2n) is 4.12. The summed E-state index contributed by atoms with van der Waals surface area (Å²) < 4.78 is 32.5. The predicted octanol–water partition coefficient (Wildman–Crippen LogP) is 3.87. The molecule has 0 spiro atoms. The van der Waals surface area contributed by atoms with Crippen LogP contribution in [0.5, 0.6) is 11.5 Å². The maximum Gasteiger partial charge on any atom is 0.314 e. The number of carbonyl (C=O) groups excluding carboxylic acids is 1. The summed E-state index contributed by atoms with van der Waals surface area (Å²) in [7, 11) is 0. The van der Waals surface area contributed by atoms with Gasteiger partial charge in [-0.05, 0) is 25.1 Å². The molecule has 2 aromatic carbocycles. The first-order valence-electron chi connectivity index (χ1n) is 5.82. The highest BCUT2D eigenvalue weighted by molar-refractivity contribution is 5.97. The molecule has 0 aliphatic rings. The van der Waals surface area contributed by atoms with Crippen molar-refractivity contribution >= 4 is 11.5 Å². The van der Waals surface area contributed by atoms with Crippen molar-refractivity contribution in [3.8, 4) is 11.5 Å². The molecule has 108 valence electrons. The number of nitro benzene ring substituents is 1. The zero-order valence-corrected chi connectivity index (χ0v) is 10.8. The van der Waals surface area contributed by atoms with Crippen LogP contribution in [0.1, 0.15) is 17.3 Å². The SMILES string of the molecule is CC(=O)c1cccc(F)c1Oc1c(F)cccc1[N+](=O)[O-]. The third-order valence-electron chi connectivity index (χ3n) is 2.69. The number of hydrogen-bond acceptors (Lipinski definition) is 4. The Morgan fingerprint density at radius 3 is 2.24 bits per heavy atom. The zero-order chi connectivity index (χ0) is 15.6. The summed E-state index contributed by atoms with van der Waals surface area (Å²) in [6.45, 7) is 1.18. The van der Waals surface area contributed by atoms with Crippen molar-refractivity contribution in [2.75, 3.05) is 0 Å². The van der Waals surface area contributed by atoms with Crippen molar-refractivity contribution in [2.45, 2.75) is 6.92 Å². The average molecular weight is 293 g/mol. The van der Waals surface area contributed by atoms with Crippen LogP contribution in [0.3, 0.4) is 0 Å². The van der Waals surface area contributed by atoms with Gasteiger partial charge in [0, 0.05) is 6.07 Å². The molecule has 0 bridgehead atoms. The van der Waals surface area contributed by atoms with Crippen LogP contribution < -0.4 is 4.74 Å². The van der Waals surface area contributed by atoms with Gasteiger partial charge in [-0.25, -0.2) is 8.78 Å². The topological polar surface area (TPSA) is 69.4 Å². The molecule has 7 heteroatoms. The second-order valence-corrected chi connectivity index (χ2v) is 4.12. The van der Waals surface area contributed by atoms with E-state index in [2.05, 4.69) is 0 Å². The van der Waals surface area contributed by atoms with Crippen LogP contribution in [-0.4, -0.2) is 10.7 Å². The molecule has 0 atom stereocenters. The second kappa shape index (κ2) is 5.66. The van der Waals surface area contributed by atoms with Crippen LogP contribution in [0.15, 0.2) is 36.4 Å². The molecule has 0 amide bonds. The number of para-hydroxylation sites is 2. The third kappa shape index (κ3) is 2.86. The van der Waals surface area contributed by atoms with Crippen LogP contribution in [0, 0.1) is 21.7 Å². The van der Waals surface area contributed by atoms with Gasteiger partial charge in [-0.3, -0.25) is 14.9 Å². The van der Waals surface area contributed by atoms with E-state index in [1.807, 2.05) is 0 Å². The summed E-state index contributed by atoms with van der Waals surface area (Å²) in [5.74, 6) is -3.74. The number of nitrogens with zero attached hydrogens (tertiary/aromatic N) is 1. The van der Waals surface area contributed by atoms with Crippen LogP contribution in [-0.2, 0) is 0 Å². The fourth-order valence-corrected chi connectivity index (χ4v) is 1.73. The largest absolute Gasteiger partial charge is 0.443 e. The lowest BCUT2D eigenvalue weighted by atomic mass is 10.1. The summed E-state index contributed by atoms with van der Waals surface area (Å²) in [6.07, 6.45) is 0. The molecule has 2 rings (SSSR count). The summed E-state index contributed by atoms with van der Waals surface area (Å²) in [5, 5.41) is 10.9. The van der Waals surface area contributed by atoms with Crippen LogP contribution >= 0.6 is 0 Å². The first-order chi connectivity index (χ1) is 9.91. The summed E-state index contributed by atoms with van der Waals surface area (Å²) in [5.41, 5.74) is -0.791. The fourth-order valence-electron chi connectivity index (χ4n) is 1.73. The number of nitro groups is 1. The molecule has 5 nitrogen and oxygen atoms in total. The van der Waals surface area contributed by atoms with Crippen molar-refractivity contribution in [2.24, 2.45) is 0 Å².